The first kappa shape index (κ1) is 15.4. The van der Waals surface area contributed by atoms with Crippen molar-refractivity contribution in [3.8, 4) is 0 Å². The molecule has 1 aliphatic rings. The quantitative estimate of drug-likeness (QED) is 0.854. The normalized spacial score (nSPS) is 17.2. The van der Waals surface area contributed by atoms with Crippen LogP contribution in [0.25, 0.3) is 0 Å². The van der Waals surface area contributed by atoms with Gasteiger partial charge in [0.25, 0.3) is 0 Å². The average molecular weight is 297 g/mol. The van der Waals surface area contributed by atoms with E-state index >= 15 is 0 Å². The third kappa shape index (κ3) is 4.22. The molecular formula is C14H17F2N3O2. The van der Waals surface area contributed by atoms with Crippen LogP contribution in [0.15, 0.2) is 18.2 Å². The molecule has 7 heteroatoms. The van der Waals surface area contributed by atoms with Gasteiger partial charge < -0.3 is 10.6 Å². The van der Waals surface area contributed by atoms with Gasteiger partial charge in [0, 0.05) is 24.7 Å². The zero-order valence-electron chi connectivity index (χ0n) is 11.7. The Morgan fingerprint density at radius 2 is 2.24 bits per heavy atom. The Morgan fingerprint density at radius 3 is 2.90 bits per heavy atom. The molecule has 0 radical (unpaired) electrons. The van der Waals surface area contributed by atoms with E-state index in [4.69, 9.17) is 0 Å². The number of carbonyl (C=O) groups is 2. The molecule has 0 saturated carbocycles. The highest BCUT2D eigenvalue weighted by atomic mass is 19.1. The van der Waals surface area contributed by atoms with Gasteiger partial charge in [0.1, 0.15) is 11.6 Å². The summed E-state index contributed by atoms with van der Waals surface area (Å²) in [5, 5.41) is 5.31. The van der Waals surface area contributed by atoms with Gasteiger partial charge >= 0.3 is 0 Å². The van der Waals surface area contributed by atoms with Crippen LogP contribution in [-0.2, 0) is 9.59 Å². The Labute approximate surface area is 121 Å². The number of nitrogens with zero attached hydrogens (tertiary/aromatic N) is 1. The smallest absolute Gasteiger partial charge is 0.234 e. The number of benzene rings is 1. The van der Waals surface area contributed by atoms with Crippen molar-refractivity contribution in [1.29, 1.82) is 0 Å². The summed E-state index contributed by atoms with van der Waals surface area (Å²) in [5.41, 5.74) is 0.223. The van der Waals surface area contributed by atoms with Crippen molar-refractivity contribution in [2.24, 2.45) is 0 Å². The lowest BCUT2D eigenvalue weighted by Gasteiger charge is -2.26. The van der Waals surface area contributed by atoms with E-state index in [9.17, 15) is 18.4 Å². The summed E-state index contributed by atoms with van der Waals surface area (Å²) >= 11 is 0. The lowest BCUT2D eigenvalue weighted by molar-refractivity contribution is -0.127. The third-order valence-electron chi connectivity index (χ3n) is 3.29. The molecule has 0 aliphatic carbocycles. The zero-order chi connectivity index (χ0) is 15.4. The number of nitrogens with one attached hydrogen (secondary N) is 2. The van der Waals surface area contributed by atoms with Crippen LogP contribution in [0.3, 0.4) is 0 Å². The van der Waals surface area contributed by atoms with Crippen molar-refractivity contribution in [2.45, 2.75) is 13.0 Å². The van der Waals surface area contributed by atoms with Crippen molar-refractivity contribution >= 4 is 11.8 Å². The molecule has 1 heterocycles. The molecule has 2 N–H and O–H groups in total. The maximum atomic E-state index is 13.6. The standard InChI is InChI=1S/C14H17F2N3O2/c1-9(11-3-2-10(15)6-12(11)16)18-14(21)8-19-5-4-17-13(20)7-19/h2-3,6,9H,4-5,7-8H2,1H3,(H,17,20)(H,18,21)/t9-/m1/s1. The summed E-state index contributed by atoms with van der Waals surface area (Å²) in [5.74, 6) is -1.78. The molecule has 0 unspecified atom stereocenters. The summed E-state index contributed by atoms with van der Waals surface area (Å²) in [6.07, 6.45) is 0. The van der Waals surface area contributed by atoms with Gasteiger partial charge in [-0.25, -0.2) is 8.78 Å². The Kier molecular flexibility index (Phi) is 4.85. The molecule has 0 spiro atoms. The Morgan fingerprint density at radius 1 is 1.48 bits per heavy atom. The molecule has 0 bridgehead atoms. The Balaban J connectivity index is 1.91. The van der Waals surface area contributed by atoms with Gasteiger partial charge in [-0.2, -0.15) is 0 Å². The van der Waals surface area contributed by atoms with Gasteiger partial charge in [-0.15, -0.1) is 0 Å². The molecule has 0 aromatic heterocycles. The van der Waals surface area contributed by atoms with Crippen LogP contribution in [-0.4, -0.2) is 42.9 Å². The molecule has 114 valence electrons. The van der Waals surface area contributed by atoms with Crippen LogP contribution < -0.4 is 10.6 Å². The number of hydrogen-bond acceptors (Lipinski definition) is 3. The lowest BCUT2D eigenvalue weighted by atomic mass is 10.1. The van der Waals surface area contributed by atoms with Crippen molar-refractivity contribution in [2.75, 3.05) is 26.2 Å². The maximum absolute atomic E-state index is 13.6. The highest BCUT2D eigenvalue weighted by Crippen LogP contribution is 2.17. The van der Waals surface area contributed by atoms with E-state index in [1.165, 1.54) is 6.07 Å². The number of amides is 2. The van der Waals surface area contributed by atoms with Crippen molar-refractivity contribution < 1.29 is 18.4 Å². The van der Waals surface area contributed by atoms with E-state index in [0.29, 0.717) is 13.1 Å². The molecule has 1 aliphatic heterocycles. The van der Waals surface area contributed by atoms with Gasteiger partial charge in [-0.05, 0) is 13.0 Å². The van der Waals surface area contributed by atoms with Crippen LogP contribution in [0, 0.1) is 11.6 Å². The molecule has 1 aromatic rings. The zero-order valence-corrected chi connectivity index (χ0v) is 11.7. The molecule has 1 saturated heterocycles. The van der Waals surface area contributed by atoms with Crippen LogP contribution >= 0.6 is 0 Å². The first-order chi connectivity index (χ1) is 9.95. The second-order valence-corrected chi connectivity index (χ2v) is 5.02. The summed E-state index contributed by atoms with van der Waals surface area (Å²) in [4.78, 5) is 24.8. The molecule has 2 amide bonds. The Bertz CT molecular complexity index is 551. The fraction of sp³-hybridized carbons (Fsp3) is 0.429. The monoisotopic (exact) mass is 297 g/mol. The van der Waals surface area contributed by atoms with Crippen molar-refractivity contribution in [1.82, 2.24) is 15.5 Å². The molecule has 1 aromatic carbocycles. The number of rotatable bonds is 4. The first-order valence-corrected chi connectivity index (χ1v) is 6.69. The number of piperazine rings is 1. The summed E-state index contributed by atoms with van der Waals surface area (Å²) in [7, 11) is 0. The summed E-state index contributed by atoms with van der Waals surface area (Å²) < 4.78 is 26.5. The summed E-state index contributed by atoms with van der Waals surface area (Å²) in [6, 6.07) is 2.67. The molecule has 1 fully saturated rings. The Hall–Kier alpha value is -2.02. The largest absolute Gasteiger partial charge is 0.354 e. The van der Waals surface area contributed by atoms with Crippen LogP contribution in [0.2, 0.25) is 0 Å². The van der Waals surface area contributed by atoms with Crippen LogP contribution in [0.5, 0.6) is 0 Å². The molecule has 2 rings (SSSR count). The average Bonchev–Trinajstić information content (AvgIpc) is 2.38. The number of hydrogen-bond donors (Lipinski definition) is 2. The topological polar surface area (TPSA) is 61.4 Å². The van der Waals surface area contributed by atoms with Gasteiger partial charge in [-0.1, -0.05) is 6.07 Å². The van der Waals surface area contributed by atoms with E-state index < -0.39 is 17.7 Å². The van der Waals surface area contributed by atoms with E-state index in [2.05, 4.69) is 10.6 Å². The molecular weight excluding hydrogens is 280 g/mol. The fourth-order valence-electron chi connectivity index (χ4n) is 2.25. The highest BCUT2D eigenvalue weighted by Gasteiger charge is 2.20. The predicted molar refractivity (Wildman–Crippen MR) is 72.4 cm³/mol. The molecule has 1 atom stereocenters. The van der Waals surface area contributed by atoms with Crippen LogP contribution in [0.1, 0.15) is 18.5 Å². The fourth-order valence-corrected chi connectivity index (χ4v) is 2.25. The SMILES string of the molecule is C[C@@H](NC(=O)CN1CCNC(=O)C1)c1ccc(F)cc1F. The number of carbonyl (C=O) groups excluding carboxylic acids is 2. The minimum Gasteiger partial charge on any atom is -0.354 e. The van der Waals surface area contributed by atoms with E-state index in [0.717, 1.165) is 12.1 Å². The lowest BCUT2D eigenvalue weighted by Crippen LogP contribution is -2.50. The minimum atomic E-state index is -0.694. The van der Waals surface area contributed by atoms with E-state index in [1.807, 2.05) is 0 Å². The van der Waals surface area contributed by atoms with E-state index in [-0.39, 0.29) is 30.5 Å². The molecule has 5 nitrogen and oxygen atoms in total. The highest BCUT2D eigenvalue weighted by molar-refractivity contribution is 5.82. The van der Waals surface area contributed by atoms with Gasteiger partial charge in [0.05, 0.1) is 19.1 Å². The van der Waals surface area contributed by atoms with Gasteiger partial charge in [-0.3, -0.25) is 14.5 Å². The molecule has 21 heavy (non-hydrogen) atoms. The third-order valence-corrected chi connectivity index (χ3v) is 3.29. The second kappa shape index (κ2) is 6.62. The van der Waals surface area contributed by atoms with Crippen molar-refractivity contribution in [3.05, 3.63) is 35.4 Å². The minimum absolute atomic E-state index is 0.0700. The van der Waals surface area contributed by atoms with E-state index in [1.54, 1.807) is 11.8 Å². The first-order valence-electron chi connectivity index (χ1n) is 6.69. The van der Waals surface area contributed by atoms with Crippen LogP contribution in [0.4, 0.5) is 8.78 Å². The number of halogens is 2. The second-order valence-electron chi connectivity index (χ2n) is 5.02. The summed E-state index contributed by atoms with van der Waals surface area (Å²) in [6.45, 7) is 2.97. The maximum Gasteiger partial charge on any atom is 0.234 e. The van der Waals surface area contributed by atoms with Gasteiger partial charge in [0.2, 0.25) is 11.8 Å². The van der Waals surface area contributed by atoms with Gasteiger partial charge in [0.15, 0.2) is 0 Å². The predicted octanol–water partition coefficient (Wildman–Crippen LogP) is 0.574. The van der Waals surface area contributed by atoms with Crippen molar-refractivity contribution in [3.63, 3.8) is 0 Å².